The lowest BCUT2D eigenvalue weighted by Crippen LogP contribution is -2.41. The molecule has 3 aromatic heterocycles. The minimum atomic E-state index is -0.931. The van der Waals surface area contributed by atoms with E-state index in [1.54, 1.807) is 6.08 Å². The Bertz CT molecular complexity index is 2080. The first kappa shape index (κ1) is 33.3. The zero-order valence-electron chi connectivity index (χ0n) is 28.3. The Labute approximate surface area is 280 Å². The van der Waals surface area contributed by atoms with Crippen LogP contribution in [0.15, 0.2) is 48.6 Å². The number of carbonyl (C=O) groups is 1. The van der Waals surface area contributed by atoms with E-state index in [2.05, 4.69) is 42.5 Å². The monoisotopic (exact) mass is 648 g/mol. The zero-order valence-corrected chi connectivity index (χ0v) is 28.3. The van der Waals surface area contributed by atoms with Crippen LogP contribution < -0.4 is 0 Å². The first-order chi connectivity index (χ1) is 23.1. The van der Waals surface area contributed by atoms with E-state index in [1.807, 2.05) is 38.1 Å². The van der Waals surface area contributed by atoms with E-state index in [1.165, 1.54) is 7.11 Å². The van der Waals surface area contributed by atoms with Crippen molar-refractivity contribution in [3.05, 3.63) is 93.6 Å². The number of rotatable bonds is 9. The summed E-state index contributed by atoms with van der Waals surface area (Å²) in [5.41, 5.74) is 13.2. The molecule has 5 heterocycles. The van der Waals surface area contributed by atoms with Gasteiger partial charge < -0.3 is 30.0 Å². The molecule has 0 fully saturated rings. The van der Waals surface area contributed by atoms with E-state index < -0.39 is 17.3 Å². The second-order valence-corrected chi connectivity index (χ2v) is 13.0. The molecule has 0 amide bonds. The van der Waals surface area contributed by atoms with Gasteiger partial charge in [0.2, 0.25) is 0 Å². The Kier molecular flexibility index (Phi) is 9.13. The average Bonchev–Trinajstić information content (AvgIpc) is 3.73. The van der Waals surface area contributed by atoms with Crippen LogP contribution >= 0.6 is 0 Å². The third kappa shape index (κ3) is 5.36. The number of fused-ring (bicyclic) bond motifs is 11. The number of aliphatic hydroxyl groups is 3. The molecule has 9 heteroatoms. The van der Waals surface area contributed by atoms with Crippen LogP contribution in [0.2, 0.25) is 0 Å². The molecule has 6 rings (SSSR count). The molecule has 2 atom stereocenters. The molecular formula is C39H44N4O5. The highest BCUT2D eigenvalue weighted by Crippen LogP contribution is 2.52. The van der Waals surface area contributed by atoms with Gasteiger partial charge in [0.25, 0.3) is 0 Å². The van der Waals surface area contributed by atoms with Crippen LogP contribution in [0, 0.1) is 19.8 Å². The van der Waals surface area contributed by atoms with Crippen molar-refractivity contribution < 1.29 is 24.9 Å². The van der Waals surface area contributed by atoms with Crippen LogP contribution in [-0.4, -0.2) is 68.2 Å². The van der Waals surface area contributed by atoms with Gasteiger partial charge in [0.05, 0.1) is 47.8 Å². The second-order valence-electron chi connectivity index (χ2n) is 13.0. The second kappa shape index (κ2) is 13.1. The minimum absolute atomic E-state index is 0.0604. The summed E-state index contributed by atoms with van der Waals surface area (Å²) in [6.07, 6.45) is 8.13. The summed E-state index contributed by atoms with van der Waals surface area (Å²) in [6, 6.07) is 8.14. The lowest BCUT2D eigenvalue weighted by Gasteiger charge is -2.37. The number of allylic oxidation sites excluding steroid dienone is 5. The Hall–Kier alpha value is -4.57. The average molecular weight is 649 g/mol. The number of hydrogen-bond acceptors (Lipinski definition) is 7. The molecule has 0 spiro atoms. The molecular weight excluding hydrogens is 604 g/mol. The smallest absolute Gasteiger partial charge is 0.314 e. The number of aromatic amines is 2. The number of nitrogens with zero attached hydrogens (tertiary/aromatic N) is 2. The van der Waals surface area contributed by atoms with E-state index in [0.29, 0.717) is 42.6 Å². The molecule has 9 nitrogen and oxygen atoms in total. The SMILES string of the molecule is C=Cc1c(C)c2cc3nc(cc4[nH]c(cc5nc(cc1[nH]2)C(C)=C5CCCO)c(CCCO)c4C)[C@@]1(C)C3=CC=C(CO)[C@H]1C(=O)OC. The molecule has 5 N–H and O–H groups in total. The van der Waals surface area contributed by atoms with Crippen molar-refractivity contribution in [3.63, 3.8) is 0 Å². The number of aryl methyl sites for hydroxylation is 3. The number of aliphatic hydroxyl groups excluding tert-OH is 3. The predicted molar refractivity (Wildman–Crippen MR) is 191 cm³/mol. The number of methoxy groups -OCH3 is 1. The van der Waals surface area contributed by atoms with E-state index in [9.17, 15) is 20.1 Å². The van der Waals surface area contributed by atoms with Crippen molar-refractivity contribution in [2.75, 3.05) is 26.9 Å². The molecule has 0 unspecified atom stereocenters. The van der Waals surface area contributed by atoms with Crippen molar-refractivity contribution >= 4 is 50.8 Å². The van der Waals surface area contributed by atoms with Gasteiger partial charge in [-0.15, -0.1) is 0 Å². The number of aromatic nitrogens is 4. The summed E-state index contributed by atoms with van der Waals surface area (Å²) < 4.78 is 5.32. The highest BCUT2D eigenvalue weighted by molar-refractivity contribution is 5.94. The summed E-state index contributed by atoms with van der Waals surface area (Å²) in [4.78, 5) is 31.0. The molecule has 0 radical (unpaired) electrons. The fourth-order valence-corrected chi connectivity index (χ4v) is 7.58. The highest BCUT2D eigenvalue weighted by atomic mass is 16.5. The number of ether oxygens (including phenoxy) is 1. The molecule has 3 aromatic rings. The summed E-state index contributed by atoms with van der Waals surface area (Å²) in [5.74, 6) is -1.23. The van der Waals surface area contributed by atoms with Crippen LogP contribution in [0.4, 0.5) is 0 Å². The lowest BCUT2D eigenvalue weighted by atomic mass is 9.64. The Balaban J connectivity index is 1.78. The van der Waals surface area contributed by atoms with E-state index in [4.69, 9.17) is 14.7 Å². The van der Waals surface area contributed by atoms with Crippen molar-refractivity contribution in [3.8, 4) is 0 Å². The van der Waals surface area contributed by atoms with Crippen LogP contribution in [0.1, 0.15) is 78.1 Å². The van der Waals surface area contributed by atoms with E-state index >= 15 is 0 Å². The Morgan fingerprint density at radius 1 is 0.896 bits per heavy atom. The van der Waals surface area contributed by atoms with Crippen molar-refractivity contribution in [1.29, 1.82) is 0 Å². The number of nitrogens with one attached hydrogen (secondary N) is 2. The quantitative estimate of drug-likeness (QED) is 0.172. The third-order valence-electron chi connectivity index (χ3n) is 10.3. The molecule has 1 aliphatic carbocycles. The molecule has 8 bridgehead atoms. The van der Waals surface area contributed by atoms with Gasteiger partial charge in [-0.05, 0) is 117 Å². The van der Waals surface area contributed by atoms with Crippen LogP contribution in [0.5, 0.6) is 0 Å². The topological polar surface area (TPSA) is 144 Å². The molecule has 48 heavy (non-hydrogen) atoms. The first-order valence-corrected chi connectivity index (χ1v) is 16.5. The normalized spacial score (nSPS) is 18.8. The number of carbonyl (C=O) groups excluding carboxylic acids is 1. The maximum Gasteiger partial charge on any atom is 0.314 e. The standard InChI is InChI=1S/C39H44N4O5/c1-7-25-21(2)30-17-35-28-13-12-24(20-46)37(38(47)48-6)39(28,5)36(43-35)19-31-23(4)27(11-9-15-45)34(42-31)18-33-26(10-8-14-44)22(3)29(41-33)16-32(25)40-30/h7,12-13,16-19,37,40,42,44-46H,1,8-11,14-15,20H2,2-6H3/t37-,39+/m0/s1. The van der Waals surface area contributed by atoms with Gasteiger partial charge in [0.15, 0.2) is 0 Å². The maximum atomic E-state index is 13.5. The molecule has 0 saturated carbocycles. The van der Waals surface area contributed by atoms with Gasteiger partial charge in [-0.25, -0.2) is 4.98 Å². The third-order valence-corrected chi connectivity index (χ3v) is 10.3. The minimum Gasteiger partial charge on any atom is -0.469 e. The summed E-state index contributed by atoms with van der Waals surface area (Å²) in [7, 11) is 1.37. The number of hydrogen-bond donors (Lipinski definition) is 5. The van der Waals surface area contributed by atoms with Gasteiger partial charge in [-0.3, -0.25) is 9.78 Å². The maximum absolute atomic E-state index is 13.5. The largest absolute Gasteiger partial charge is 0.469 e. The fourth-order valence-electron chi connectivity index (χ4n) is 7.58. The highest BCUT2D eigenvalue weighted by Gasteiger charge is 2.51. The predicted octanol–water partition coefficient (Wildman–Crippen LogP) is 6.27. The van der Waals surface area contributed by atoms with Gasteiger partial charge in [0, 0.05) is 40.8 Å². The summed E-state index contributed by atoms with van der Waals surface area (Å²) >= 11 is 0. The Morgan fingerprint density at radius 2 is 1.56 bits per heavy atom. The summed E-state index contributed by atoms with van der Waals surface area (Å²) in [6.45, 7) is 12.1. The van der Waals surface area contributed by atoms with Gasteiger partial charge >= 0.3 is 5.97 Å². The van der Waals surface area contributed by atoms with Crippen LogP contribution in [0.25, 0.3) is 44.9 Å². The Morgan fingerprint density at radius 3 is 2.25 bits per heavy atom. The number of H-pyrrole nitrogens is 2. The molecule has 2 aliphatic heterocycles. The molecule has 3 aliphatic rings. The molecule has 0 saturated heterocycles. The fraction of sp³-hybridized carbons (Fsp3) is 0.359. The van der Waals surface area contributed by atoms with Crippen molar-refractivity contribution in [1.82, 2.24) is 19.9 Å². The van der Waals surface area contributed by atoms with Crippen molar-refractivity contribution in [2.45, 2.75) is 58.8 Å². The van der Waals surface area contributed by atoms with Crippen molar-refractivity contribution in [2.24, 2.45) is 5.92 Å². The van der Waals surface area contributed by atoms with E-state index in [-0.39, 0.29) is 19.8 Å². The molecule has 0 aromatic carbocycles. The van der Waals surface area contributed by atoms with Crippen LogP contribution in [-0.2, 0) is 21.4 Å². The summed E-state index contributed by atoms with van der Waals surface area (Å²) in [5, 5.41) is 29.9. The van der Waals surface area contributed by atoms with E-state index in [0.717, 1.165) is 72.4 Å². The lowest BCUT2D eigenvalue weighted by molar-refractivity contribution is -0.145. The van der Waals surface area contributed by atoms with Gasteiger partial charge in [0.1, 0.15) is 0 Å². The molecule has 250 valence electrons. The van der Waals surface area contributed by atoms with Crippen LogP contribution in [0.3, 0.4) is 0 Å². The number of esters is 1. The first-order valence-electron chi connectivity index (χ1n) is 16.5. The van der Waals surface area contributed by atoms with Gasteiger partial charge in [-0.2, -0.15) is 0 Å². The van der Waals surface area contributed by atoms with Gasteiger partial charge in [-0.1, -0.05) is 24.8 Å². The zero-order chi connectivity index (χ0) is 34.3.